The number of fused-ring (bicyclic) bond motifs is 2. The molecule has 170 valence electrons. The molecule has 0 saturated carbocycles. The zero-order chi connectivity index (χ0) is 23.4. The number of Topliss-reactive ketones (excluding diaryl/α,β-unsaturated/α-hetero) is 1. The third kappa shape index (κ3) is 3.35. The number of nitrogens with zero attached hydrogens (tertiary/aromatic N) is 2. The predicted molar refractivity (Wildman–Crippen MR) is 131 cm³/mol. The zero-order valence-corrected chi connectivity index (χ0v) is 19.7. The van der Waals surface area contributed by atoms with Gasteiger partial charge in [-0.05, 0) is 47.8 Å². The molecule has 0 radical (unpaired) electrons. The summed E-state index contributed by atoms with van der Waals surface area (Å²) in [4.78, 5) is 33.2. The predicted octanol–water partition coefficient (Wildman–Crippen LogP) is 5.41. The van der Waals surface area contributed by atoms with Gasteiger partial charge in [-0.2, -0.15) is 0 Å². The van der Waals surface area contributed by atoms with Gasteiger partial charge >= 0.3 is 5.91 Å². The molecular weight excluding hydrogens is 496 g/mol. The van der Waals surface area contributed by atoms with Gasteiger partial charge in [-0.3, -0.25) is 14.5 Å². The van der Waals surface area contributed by atoms with Crippen LogP contribution in [0.4, 0.5) is 5.13 Å². The lowest BCUT2D eigenvalue weighted by molar-refractivity contribution is -0.132. The second-order valence-electron chi connectivity index (χ2n) is 7.65. The number of thiophene rings is 1. The zero-order valence-electron chi connectivity index (χ0n) is 17.4. The number of aromatic nitrogens is 1. The first kappa shape index (κ1) is 21.2. The van der Waals surface area contributed by atoms with Crippen molar-refractivity contribution >= 4 is 67.1 Å². The number of hydrogen-bond acceptors (Lipinski definition) is 8. The fourth-order valence-corrected chi connectivity index (χ4v) is 6.17. The summed E-state index contributed by atoms with van der Waals surface area (Å²) in [5.41, 5.74) is 1.03. The SMILES string of the molecule is O=C1C(=O)N(c2nc3ccc(Cl)cc3s2)[C@H](c2cccs2)C1=C(O)c1ccc2c(c1)OCCO2. The van der Waals surface area contributed by atoms with Crippen LogP contribution in [0.2, 0.25) is 5.02 Å². The number of rotatable bonds is 3. The Balaban J connectivity index is 1.52. The van der Waals surface area contributed by atoms with Crippen molar-refractivity contribution in [3.8, 4) is 11.5 Å². The third-order valence-corrected chi connectivity index (χ3v) is 7.80. The van der Waals surface area contributed by atoms with Crippen molar-refractivity contribution in [3.05, 3.63) is 74.9 Å². The van der Waals surface area contributed by atoms with Crippen LogP contribution in [0.25, 0.3) is 16.0 Å². The molecule has 1 amide bonds. The first-order chi connectivity index (χ1) is 16.5. The maximum Gasteiger partial charge on any atom is 0.301 e. The largest absolute Gasteiger partial charge is 0.507 e. The molecule has 2 aromatic heterocycles. The first-order valence-corrected chi connectivity index (χ1v) is 12.4. The van der Waals surface area contributed by atoms with Crippen molar-refractivity contribution in [3.63, 3.8) is 0 Å². The lowest BCUT2D eigenvalue weighted by atomic mass is 9.99. The van der Waals surface area contributed by atoms with Crippen molar-refractivity contribution in [2.24, 2.45) is 0 Å². The van der Waals surface area contributed by atoms with Gasteiger partial charge in [0.05, 0.1) is 15.8 Å². The Labute approximate surface area is 206 Å². The number of carbonyl (C=O) groups is 2. The smallest absolute Gasteiger partial charge is 0.301 e. The Morgan fingerprint density at radius 1 is 1.09 bits per heavy atom. The molecular formula is C24H15ClN2O5S2. The number of ketones is 1. The molecule has 4 heterocycles. The van der Waals surface area contributed by atoms with Gasteiger partial charge in [-0.15, -0.1) is 11.3 Å². The lowest BCUT2D eigenvalue weighted by Gasteiger charge is -2.22. The number of aliphatic hydroxyl groups is 1. The quantitative estimate of drug-likeness (QED) is 0.225. The molecule has 1 atom stereocenters. The van der Waals surface area contributed by atoms with Crippen molar-refractivity contribution in [2.45, 2.75) is 6.04 Å². The molecule has 2 aliphatic rings. The second-order valence-corrected chi connectivity index (χ2v) is 10.1. The molecule has 0 unspecified atom stereocenters. The number of carbonyl (C=O) groups excluding carboxylic acids is 2. The fraction of sp³-hybridized carbons (Fsp3) is 0.125. The Kier molecular flexibility index (Phi) is 5.05. The van der Waals surface area contributed by atoms with Crippen LogP contribution in [0.3, 0.4) is 0 Å². The van der Waals surface area contributed by atoms with Gasteiger partial charge < -0.3 is 14.6 Å². The number of hydrogen-bond donors (Lipinski definition) is 1. The number of thiazole rings is 1. The average molecular weight is 511 g/mol. The van der Waals surface area contributed by atoms with Gasteiger partial charge in [0.15, 0.2) is 16.6 Å². The van der Waals surface area contributed by atoms with Crippen molar-refractivity contribution in [1.29, 1.82) is 0 Å². The molecule has 4 aromatic rings. The Hall–Kier alpha value is -3.40. The summed E-state index contributed by atoms with van der Waals surface area (Å²) < 4.78 is 12.0. The van der Waals surface area contributed by atoms with Crippen LogP contribution in [0.15, 0.2) is 59.5 Å². The summed E-state index contributed by atoms with van der Waals surface area (Å²) in [6.07, 6.45) is 0. The molecule has 34 heavy (non-hydrogen) atoms. The maximum atomic E-state index is 13.3. The standard InChI is InChI=1S/C24H15ClN2O5S2/c25-13-4-5-14-18(11-13)34-24(26-14)27-20(17-2-1-9-33-17)19(22(29)23(27)30)21(28)12-3-6-15-16(10-12)32-8-7-31-15/h1-6,9-11,20,28H,7-8H2/t20-/m1/s1. The molecule has 2 aromatic carbocycles. The highest BCUT2D eigenvalue weighted by atomic mass is 35.5. The Morgan fingerprint density at radius 3 is 2.71 bits per heavy atom. The minimum atomic E-state index is -0.816. The van der Waals surface area contributed by atoms with E-state index in [0.29, 0.717) is 45.9 Å². The number of aliphatic hydroxyl groups excluding tert-OH is 1. The molecule has 6 rings (SSSR count). The lowest BCUT2D eigenvalue weighted by Crippen LogP contribution is -2.28. The van der Waals surface area contributed by atoms with Gasteiger partial charge in [0.1, 0.15) is 25.0 Å². The molecule has 0 bridgehead atoms. The monoisotopic (exact) mass is 510 g/mol. The van der Waals surface area contributed by atoms with E-state index < -0.39 is 17.7 Å². The average Bonchev–Trinajstić information content (AvgIpc) is 3.57. The third-order valence-electron chi connectivity index (χ3n) is 5.62. The fourth-order valence-electron chi connectivity index (χ4n) is 4.08. The number of ether oxygens (including phenoxy) is 2. The summed E-state index contributed by atoms with van der Waals surface area (Å²) in [5, 5.41) is 14.0. The highest BCUT2D eigenvalue weighted by molar-refractivity contribution is 7.22. The molecule has 2 aliphatic heterocycles. The number of halogens is 1. The molecule has 0 aliphatic carbocycles. The van der Waals surface area contributed by atoms with Gasteiger partial charge in [-0.1, -0.05) is 29.0 Å². The highest BCUT2D eigenvalue weighted by Gasteiger charge is 2.48. The van der Waals surface area contributed by atoms with Gasteiger partial charge in [-0.25, -0.2) is 4.98 Å². The number of amides is 1. The van der Waals surface area contributed by atoms with E-state index in [1.54, 1.807) is 36.4 Å². The summed E-state index contributed by atoms with van der Waals surface area (Å²) in [7, 11) is 0. The van der Waals surface area contributed by atoms with Crippen LogP contribution in [-0.4, -0.2) is 35.0 Å². The van der Waals surface area contributed by atoms with E-state index in [4.69, 9.17) is 21.1 Å². The van der Waals surface area contributed by atoms with Crippen molar-refractivity contribution in [2.75, 3.05) is 18.1 Å². The summed E-state index contributed by atoms with van der Waals surface area (Å²) in [5.74, 6) is -0.766. The molecule has 10 heteroatoms. The van der Waals surface area contributed by atoms with E-state index in [1.807, 2.05) is 17.5 Å². The topological polar surface area (TPSA) is 89.0 Å². The second kappa shape index (κ2) is 8.12. The molecule has 0 spiro atoms. The van der Waals surface area contributed by atoms with Crippen LogP contribution in [0, 0.1) is 0 Å². The van der Waals surface area contributed by atoms with Crippen LogP contribution >= 0.6 is 34.3 Å². The van der Waals surface area contributed by atoms with Crippen molar-refractivity contribution in [1.82, 2.24) is 4.98 Å². The minimum absolute atomic E-state index is 0.00131. The highest BCUT2D eigenvalue weighted by Crippen LogP contribution is 2.46. The van der Waals surface area contributed by atoms with E-state index in [2.05, 4.69) is 4.98 Å². The minimum Gasteiger partial charge on any atom is -0.507 e. The molecule has 1 saturated heterocycles. The van der Waals surface area contributed by atoms with E-state index in [0.717, 1.165) is 9.58 Å². The maximum absolute atomic E-state index is 13.3. The summed E-state index contributed by atoms with van der Waals surface area (Å²) >= 11 is 8.77. The molecule has 1 N–H and O–H groups in total. The normalized spacial score (nSPS) is 19.2. The van der Waals surface area contributed by atoms with E-state index >= 15 is 0 Å². The van der Waals surface area contributed by atoms with Gasteiger partial charge in [0, 0.05) is 15.5 Å². The van der Waals surface area contributed by atoms with Crippen LogP contribution in [-0.2, 0) is 9.59 Å². The number of benzene rings is 2. The first-order valence-electron chi connectivity index (χ1n) is 10.3. The van der Waals surface area contributed by atoms with Crippen LogP contribution < -0.4 is 14.4 Å². The molecule has 7 nitrogen and oxygen atoms in total. The van der Waals surface area contributed by atoms with Crippen molar-refractivity contribution < 1.29 is 24.2 Å². The van der Waals surface area contributed by atoms with Crippen LogP contribution in [0.1, 0.15) is 16.5 Å². The number of anilines is 1. The van der Waals surface area contributed by atoms with Gasteiger partial charge in [0.2, 0.25) is 0 Å². The summed E-state index contributed by atoms with van der Waals surface area (Å²) in [6, 6.07) is 13.0. The van der Waals surface area contributed by atoms with Crippen LogP contribution in [0.5, 0.6) is 11.5 Å². The van der Waals surface area contributed by atoms with E-state index in [1.165, 1.54) is 27.6 Å². The van der Waals surface area contributed by atoms with Gasteiger partial charge in [0.25, 0.3) is 5.78 Å². The van der Waals surface area contributed by atoms with E-state index in [-0.39, 0.29) is 11.3 Å². The Morgan fingerprint density at radius 2 is 1.91 bits per heavy atom. The molecule has 1 fully saturated rings. The van der Waals surface area contributed by atoms with E-state index in [9.17, 15) is 14.7 Å². The Bertz CT molecular complexity index is 1490. The summed E-state index contributed by atoms with van der Waals surface area (Å²) in [6.45, 7) is 0.827.